The number of aromatic carboxylic acids is 1. The lowest BCUT2D eigenvalue weighted by Gasteiger charge is -2.09. The summed E-state index contributed by atoms with van der Waals surface area (Å²) in [5.41, 5.74) is -0.127. The van der Waals surface area contributed by atoms with E-state index in [0.29, 0.717) is 10.5 Å². The quantitative estimate of drug-likeness (QED) is 0.917. The molecule has 2 aromatic carbocycles. The minimum Gasteiger partial charge on any atom is -0.478 e. The van der Waals surface area contributed by atoms with Gasteiger partial charge in [-0.05, 0) is 30.3 Å². The number of hydrogen-bond donors (Lipinski definition) is 1. The molecule has 98 valence electrons. The van der Waals surface area contributed by atoms with Crippen LogP contribution in [0.25, 0.3) is 0 Å². The number of ether oxygens (including phenoxy) is 1. The highest BCUT2D eigenvalue weighted by Gasteiger charge is 2.14. The molecule has 0 heterocycles. The molecule has 6 heteroatoms. The number of carboxylic acids is 1. The van der Waals surface area contributed by atoms with Gasteiger partial charge in [0, 0.05) is 10.5 Å². The molecule has 1 N–H and O–H groups in total. The van der Waals surface area contributed by atoms with Crippen molar-refractivity contribution in [1.29, 1.82) is 0 Å². The zero-order chi connectivity index (χ0) is 14.0. The highest BCUT2D eigenvalue weighted by molar-refractivity contribution is 9.10. The third-order valence-electron chi connectivity index (χ3n) is 2.29. The van der Waals surface area contributed by atoms with E-state index in [-0.39, 0.29) is 17.1 Å². The topological polar surface area (TPSA) is 46.5 Å². The lowest BCUT2D eigenvalue weighted by molar-refractivity contribution is 0.0694. The molecule has 0 unspecified atom stereocenters. The van der Waals surface area contributed by atoms with Gasteiger partial charge in [0.25, 0.3) is 0 Å². The summed E-state index contributed by atoms with van der Waals surface area (Å²) in [6, 6.07) is 7.06. The molecule has 0 saturated heterocycles. The van der Waals surface area contributed by atoms with Crippen LogP contribution in [0.1, 0.15) is 10.4 Å². The molecule has 0 atom stereocenters. The highest BCUT2D eigenvalue weighted by Crippen LogP contribution is 2.29. The van der Waals surface area contributed by atoms with Crippen LogP contribution in [0.3, 0.4) is 0 Å². The number of carbonyl (C=O) groups is 1. The van der Waals surface area contributed by atoms with Crippen LogP contribution in [-0.2, 0) is 0 Å². The molecule has 0 aliphatic carbocycles. The Morgan fingerprint density at radius 1 is 1.11 bits per heavy atom. The van der Waals surface area contributed by atoms with E-state index >= 15 is 0 Å². The van der Waals surface area contributed by atoms with E-state index in [2.05, 4.69) is 15.9 Å². The van der Waals surface area contributed by atoms with Gasteiger partial charge in [-0.25, -0.2) is 13.6 Å². The maximum absolute atomic E-state index is 13.4. The molecule has 19 heavy (non-hydrogen) atoms. The number of halogens is 3. The third-order valence-corrected chi connectivity index (χ3v) is 2.78. The van der Waals surface area contributed by atoms with Gasteiger partial charge in [-0.15, -0.1) is 0 Å². The zero-order valence-corrected chi connectivity index (χ0v) is 10.9. The summed E-state index contributed by atoms with van der Waals surface area (Å²) in [4.78, 5) is 11.0. The number of benzene rings is 2. The monoisotopic (exact) mass is 328 g/mol. The minimum absolute atomic E-state index is 0.0267. The summed E-state index contributed by atoms with van der Waals surface area (Å²) in [5, 5.41) is 9.03. The highest BCUT2D eigenvalue weighted by atomic mass is 79.9. The normalized spacial score (nSPS) is 10.3. The molecular formula is C13H7BrF2O3. The Hall–Kier alpha value is -1.95. The summed E-state index contributed by atoms with van der Waals surface area (Å²) < 4.78 is 31.9. The molecule has 0 bridgehead atoms. The van der Waals surface area contributed by atoms with Crippen LogP contribution >= 0.6 is 15.9 Å². The Bertz CT molecular complexity index is 644. The third kappa shape index (κ3) is 3.08. The average molecular weight is 329 g/mol. The van der Waals surface area contributed by atoms with Crippen molar-refractivity contribution in [3.63, 3.8) is 0 Å². The second-order valence-electron chi connectivity index (χ2n) is 3.62. The van der Waals surface area contributed by atoms with Gasteiger partial charge < -0.3 is 9.84 Å². The van der Waals surface area contributed by atoms with Crippen LogP contribution in [0.5, 0.6) is 11.5 Å². The summed E-state index contributed by atoms with van der Waals surface area (Å²) in [6.45, 7) is 0. The van der Waals surface area contributed by atoms with Crippen molar-refractivity contribution in [2.45, 2.75) is 0 Å². The van der Waals surface area contributed by atoms with Gasteiger partial charge in [-0.1, -0.05) is 15.9 Å². The molecule has 3 nitrogen and oxygen atoms in total. The van der Waals surface area contributed by atoms with Crippen molar-refractivity contribution in [3.8, 4) is 11.5 Å². The van der Waals surface area contributed by atoms with Crippen molar-refractivity contribution >= 4 is 21.9 Å². The summed E-state index contributed by atoms with van der Waals surface area (Å²) >= 11 is 3.13. The van der Waals surface area contributed by atoms with Crippen LogP contribution < -0.4 is 4.74 Å². The molecule has 2 aromatic rings. The molecule has 0 aliphatic rings. The van der Waals surface area contributed by atoms with E-state index in [0.717, 1.165) is 12.1 Å². The molecule has 2 rings (SSSR count). The Labute approximate surface area is 115 Å². The van der Waals surface area contributed by atoms with Gasteiger partial charge in [0.15, 0.2) is 11.6 Å². The van der Waals surface area contributed by atoms with E-state index in [1.807, 2.05) is 0 Å². The van der Waals surface area contributed by atoms with Crippen LogP contribution in [-0.4, -0.2) is 11.1 Å². The van der Waals surface area contributed by atoms with Gasteiger partial charge in [0.1, 0.15) is 17.1 Å². The first-order chi connectivity index (χ1) is 8.97. The van der Waals surface area contributed by atoms with Crippen molar-refractivity contribution in [2.24, 2.45) is 0 Å². The molecule has 0 radical (unpaired) electrons. The first-order valence-corrected chi connectivity index (χ1v) is 5.92. The second-order valence-corrected chi connectivity index (χ2v) is 4.54. The lowest BCUT2D eigenvalue weighted by atomic mass is 10.2. The van der Waals surface area contributed by atoms with Crippen LogP contribution in [0.4, 0.5) is 8.78 Å². The maximum Gasteiger partial charge on any atom is 0.339 e. The Morgan fingerprint density at radius 3 is 2.42 bits per heavy atom. The molecule has 0 spiro atoms. The molecule has 0 aliphatic heterocycles. The van der Waals surface area contributed by atoms with Crippen LogP contribution in [0.15, 0.2) is 40.9 Å². The number of hydrogen-bond acceptors (Lipinski definition) is 2. The molecule has 0 aromatic heterocycles. The van der Waals surface area contributed by atoms with Crippen molar-refractivity contribution in [2.75, 3.05) is 0 Å². The van der Waals surface area contributed by atoms with E-state index in [9.17, 15) is 13.6 Å². The Kier molecular flexibility index (Phi) is 3.80. The SMILES string of the molecule is O=C(O)c1cc(Br)ccc1Oc1ccc(F)cc1F. The predicted molar refractivity (Wildman–Crippen MR) is 67.5 cm³/mol. The maximum atomic E-state index is 13.4. The van der Waals surface area contributed by atoms with E-state index < -0.39 is 17.6 Å². The predicted octanol–water partition coefficient (Wildman–Crippen LogP) is 4.22. The van der Waals surface area contributed by atoms with E-state index in [4.69, 9.17) is 9.84 Å². The standard InChI is InChI=1S/C13H7BrF2O3/c14-7-1-3-11(9(5-7)13(17)18)19-12-4-2-8(15)6-10(12)16/h1-6H,(H,17,18). The summed E-state index contributed by atoms with van der Waals surface area (Å²) in [7, 11) is 0. The lowest BCUT2D eigenvalue weighted by Crippen LogP contribution is -2.00. The molecule has 0 amide bonds. The fourth-order valence-corrected chi connectivity index (χ4v) is 1.80. The number of carboxylic acid groups (broad SMARTS) is 1. The van der Waals surface area contributed by atoms with Gasteiger partial charge in [-0.3, -0.25) is 0 Å². The smallest absolute Gasteiger partial charge is 0.339 e. The first kappa shape index (κ1) is 13.5. The molecule has 0 fully saturated rings. The van der Waals surface area contributed by atoms with E-state index in [1.165, 1.54) is 12.1 Å². The van der Waals surface area contributed by atoms with Crippen molar-refractivity contribution < 1.29 is 23.4 Å². The fourth-order valence-electron chi connectivity index (χ4n) is 1.43. The Balaban J connectivity index is 2.40. The Morgan fingerprint density at radius 2 is 1.79 bits per heavy atom. The summed E-state index contributed by atoms with van der Waals surface area (Å²) in [6.07, 6.45) is 0. The average Bonchev–Trinajstić information content (AvgIpc) is 2.34. The molecular weight excluding hydrogens is 322 g/mol. The van der Waals surface area contributed by atoms with Crippen molar-refractivity contribution in [3.05, 3.63) is 58.1 Å². The van der Waals surface area contributed by atoms with Crippen LogP contribution in [0.2, 0.25) is 0 Å². The first-order valence-electron chi connectivity index (χ1n) is 5.13. The van der Waals surface area contributed by atoms with Crippen LogP contribution in [0, 0.1) is 11.6 Å². The molecule has 0 saturated carbocycles. The van der Waals surface area contributed by atoms with Gasteiger partial charge >= 0.3 is 5.97 Å². The second kappa shape index (κ2) is 5.36. The van der Waals surface area contributed by atoms with Gasteiger partial charge in [-0.2, -0.15) is 0 Å². The zero-order valence-electron chi connectivity index (χ0n) is 9.36. The van der Waals surface area contributed by atoms with Crippen molar-refractivity contribution in [1.82, 2.24) is 0 Å². The van der Waals surface area contributed by atoms with Gasteiger partial charge in [0.2, 0.25) is 0 Å². The largest absolute Gasteiger partial charge is 0.478 e. The summed E-state index contributed by atoms with van der Waals surface area (Å²) in [5.74, 6) is -3.12. The fraction of sp³-hybridized carbons (Fsp3) is 0. The minimum atomic E-state index is -1.21. The van der Waals surface area contributed by atoms with Gasteiger partial charge in [0.05, 0.1) is 0 Å². The van der Waals surface area contributed by atoms with E-state index in [1.54, 1.807) is 6.07 Å². The number of rotatable bonds is 3.